The van der Waals surface area contributed by atoms with Crippen molar-refractivity contribution in [2.45, 2.75) is 26.5 Å². The Bertz CT molecular complexity index is 1060. The van der Waals surface area contributed by atoms with E-state index in [0.29, 0.717) is 21.3 Å². The van der Waals surface area contributed by atoms with Gasteiger partial charge >= 0.3 is 5.97 Å². The van der Waals surface area contributed by atoms with Gasteiger partial charge < -0.3 is 9.47 Å². The largest absolute Gasteiger partial charge is 0.488 e. The van der Waals surface area contributed by atoms with Crippen molar-refractivity contribution in [1.29, 1.82) is 0 Å². The second-order valence-electron chi connectivity index (χ2n) is 6.59. The fraction of sp³-hybridized carbons (Fsp3) is 0.227. The summed E-state index contributed by atoms with van der Waals surface area (Å²) in [6.07, 6.45) is 1.57. The van der Waals surface area contributed by atoms with E-state index in [-0.39, 0.29) is 23.9 Å². The molecule has 1 atom stereocenters. The number of ether oxygens (including phenoxy) is 2. The number of imide groups is 1. The van der Waals surface area contributed by atoms with Gasteiger partial charge in [-0.3, -0.25) is 14.5 Å². The molecule has 1 heterocycles. The first-order chi connectivity index (χ1) is 14.8. The van der Waals surface area contributed by atoms with E-state index in [1.807, 2.05) is 0 Å². The molecule has 0 aromatic heterocycles. The highest BCUT2D eigenvalue weighted by molar-refractivity contribution is 9.10. The van der Waals surface area contributed by atoms with E-state index < -0.39 is 23.2 Å². The molecular weight excluding hydrogens is 489 g/mol. The van der Waals surface area contributed by atoms with Gasteiger partial charge in [0, 0.05) is 0 Å². The number of benzene rings is 2. The van der Waals surface area contributed by atoms with Crippen molar-refractivity contribution in [2.24, 2.45) is 0 Å². The molecule has 1 saturated heterocycles. The number of esters is 1. The fourth-order valence-electron chi connectivity index (χ4n) is 2.85. The molecule has 2 amide bonds. The van der Waals surface area contributed by atoms with Gasteiger partial charge in [-0.1, -0.05) is 18.2 Å². The summed E-state index contributed by atoms with van der Waals surface area (Å²) in [6, 6.07) is 10.3. The van der Waals surface area contributed by atoms with Gasteiger partial charge in [0.15, 0.2) is 0 Å². The third-order valence-corrected chi connectivity index (χ3v) is 5.88. The molecule has 0 aliphatic carbocycles. The van der Waals surface area contributed by atoms with Crippen molar-refractivity contribution in [3.63, 3.8) is 0 Å². The van der Waals surface area contributed by atoms with Crippen molar-refractivity contribution in [1.82, 2.24) is 4.90 Å². The standard InChI is InChI=1S/C22H19BrFNO5S/c1-3-29-21(27)13(2)25-20(26)19(31-22(25)28)11-14-7-8-18(17(23)10-14)30-12-15-5-4-6-16(24)9-15/h4-11,13H,3,12H2,1-2H3/b19-11+/t13-/m1/s1. The van der Waals surface area contributed by atoms with Crippen LogP contribution in [-0.4, -0.2) is 34.7 Å². The summed E-state index contributed by atoms with van der Waals surface area (Å²) in [6.45, 7) is 3.47. The second kappa shape index (κ2) is 10.1. The Kier molecular flexibility index (Phi) is 7.50. The van der Waals surface area contributed by atoms with Gasteiger partial charge in [0.25, 0.3) is 11.1 Å². The van der Waals surface area contributed by atoms with Gasteiger partial charge in [-0.05, 0) is 83.0 Å². The molecule has 0 spiro atoms. The minimum Gasteiger partial charge on any atom is -0.488 e. The lowest BCUT2D eigenvalue weighted by atomic mass is 10.2. The van der Waals surface area contributed by atoms with Crippen LogP contribution in [0.3, 0.4) is 0 Å². The predicted octanol–water partition coefficient (Wildman–Crippen LogP) is 5.16. The molecule has 1 aliphatic rings. The Balaban J connectivity index is 1.72. The molecule has 6 nitrogen and oxygen atoms in total. The number of hydrogen-bond donors (Lipinski definition) is 0. The molecule has 2 aromatic rings. The summed E-state index contributed by atoms with van der Waals surface area (Å²) in [4.78, 5) is 37.9. The second-order valence-corrected chi connectivity index (χ2v) is 8.44. The average Bonchev–Trinajstić information content (AvgIpc) is 3.00. The minimum absolute atomic E-state index is 0.164. The van der Waals surface area contributed by atoms with Gasteiger partial charge in [0.1, 0.15) is 24.2 Å². The maximum atomic E-state index is 13.3. The molecule has 2 aromatic carbocycles. The summed E-state index contributed by atoms with van der Waals surface area (Å²) >= 11 is 4.19. The van der Waals surface area contributed by atoms with Crippen LogP contribution in [0.1, 0.15) is 25.0 Å². The highest BCUT2D eigenvalue weighted by atomic mass is 79.9. The van der Waals surface area contributed by atoms with Crippen LogP contribution in [0, 0.1) is 5.82 Å². The number of rotatable bonds is 7. The van der Waals surface area contributed by atoms with E-state index in [0.717, 1.165) is 16.7 Å². The molecule has 0 radical (unpaired) electrons. The molecule has 162 valence electrons. The van der Waals surface area contributed by atoms with Crippen molar-refractivity contribution in [3.05, 3.63) is 68.8 Å². The highest BCUT2D eigenvalue weighted by Gasteiger charge is 2.41. The summed E-state index contributed by atoms with van der Waals surface area (Å²) in [5, 5.41) is -0.522. The molecule has 31 heavy (non-hydrogen) atoms. The van der Waals surface area contributed by atoms with Gasteiger partial charge in [0.05, 0.1) is 16.0 Å². The monoisotopic (exact) mass is 507 g/mol. The number of halogens is 2. The normalized spacial score (nSPS) is 16.0. The van der Waals surface area contributed by atoms with Crippen LogP contribution in [0.15, 0.2) is 51.8 Å². The van der Waals surface area contributed by atoms with E-state index in [4.69, 9.17) is 9.47 Å². The Morgan fingerprint density at radius 1 is 1.26 bits per heavy atom. The molecule has 9 heteroatoms. The Morgan fingerprint density at radius 2 is 2.03 bits per heavy atom. The topological polar surface area (TPSA) is 72.9 Å². The molecule has 0 bridgehead atoms. The zero-order valence-electron chi connectivity index (χ0n) is 16.8. The lowest BCUT2D eigenvalue weighted by molar-refractivity contribution is -0.150. The minimum atomic E-state index is -0.997. The summed E-state index contributed by atoms with van der Waals surface area (Å²) < 4.78 is 24.5. The lowest BCUT2D eigenvalue weighted by Gasteiger charge is -2.19. The summed E-state index contributed by atoms with van der Waals surface area (Å²) in [5.74, 6) is -0.959. The fourth-order valence-corrected chi connectivity index (χ4v) is 4.26. The maximum Gasteiger partial charge on any atom is 0.329 e. The number of nitrogens with zero attached hydrogens (tertiary/aromatic N) is 1. The smallest absolute Gasteiger partial charge is 0.329 e. The number of amides is 2. The van der Waals surface area contributed by atoms with E-state index in [9.17, 15) is 18.8 Å². The van der Waals surface area contributed by atoms with E-state index in [1.165, 1.54) is 19.1 Å². The molecule has 1 fully saturated rings. The van der Waals surface area contributed by atoms with E-state index in [2.05, 4.69) is 15.9 Å². The van der Waals surface area contributed by atoms with Crippen LogP contribution < -0.4 is 4.74 Å². The van der Waals surface area contributed by atoms with Crippen LogP contribution in [0.25, 0.3) is 6.08 Å². The molecule has 0 N–H and O–H groups in total. The number of carbonyl (C=O) groups excluding carboxylic acids is 3. The van der Waals surface area contributed by atoms with E-state index >= 15 is 0 Å². The molecule has 1 aliphatic heterocycles. The van der Waals surface area contributed by atoms with Gasteiger partial charge in [-0.15, -0.1) is 0 Å². The van der Waals surface area contributed by atoms with Crippen molar-refractivity contribution in [3.8, 4) is 5.75 Å². The molecule has 3 rings (SSSR count). The van der Waals surface area contributed by atoms with Gasteiger partial charge in [0.2, 0.25) is 0 Å². The first-order valence-electron chi connectivity index (χ1n) is 9.40. The Morgan fingerprint density at radius 3 is 2.71 bits per heavy atom. The van der Waals surface area contributed by atoms with Crippen molar-refractivity contribution >= 4 is 50.9 Å². The maximum absolute atomic E-state index is 13.3. The zero-order chi connectivity index (χ0) is 22.5. The van der Waals surface area contributed by atoms with Gasteiger partial charge in [-0.25, -0.2) is 9.18 Å². The van der Waals surface area contributed by atoms with Crippen LogP contribution in [-0.2, 0) is 20.9 Å². The Hall–Kier alpha value is -2.65. The third-order valence-electron chi connectivity index (χ3n) is 4.38. The van der Waals surface area contributed by atoms with Gasteiger partial charge in [-0.2, -0.15) is 0 Å². The number of hydrogen-bond acceptors (Lipinski definition) is 6. The zero-order valence-corrected chi connectivity index (χ0v) is 19.2. The van der Waals surface area contributed by atoms with Crippen molar-refractivity contribution in [2.75, 3.05) is 6.61 Å². The van der Waals surface area contributed by atoms with Crippen LogP contribution in [0.5, 0.6) is 5.75 Å². The number of carbonyl (C=O) groups is 3. The first kappa shape index (κ1) is 23.0. The molecular formula is C22H19BrFNO5S. The predicted molar refractivity (Wildman–Crippen MR) is 119 cm³/mol. The summed E-state index contributed by atoms with van der Waals surface area (Å²) in [7, 11) is 0. The lowest BCUT2D eigenvalue weighted by Crippen LogP contribution is -2.42. The molecule has 0 saturated carbocycles. The quantitative estimate of drug-likeness (QED) is 0.380. The van der Waals surface area contributed by atoms with Crippen LogP contribution in [0.4, 0.5) is 9.18 Å². The number of thioether (sulfide) groups is 1. The van der Waals surface area contributed by atoms with Crippen molar-refractivity contribution < 1.29 is 28.2 Å². The third kappa shape index (κ3) is 5.54. The highest BCUT2D eigenvalue weighted by Crippen LogP contribution is 2.35. The SMILES string of the molecule is CCOC(=O)[C@@H](C)N1C(=O)S/C(=C/c2ccc(OCc3cccc(F)c3)c(Br)c2)C1=O. The van der Waals surface area contributed by atoms with Crippen LogP contribution in [0.2, 0.25) is 0 Å². The Labute approximate surface area is 191 Å². The summed E-state index contributed by atoms with van der Waals surface area (Å²) in [5.41, 5.74) is 1.36. The average molecular weight is 508 g/mol. The first-order valence-corrected chi connectivity index (χ1v) is 11.0. The van der Waals surface area contributed by atoms with Crippen LogP contribution >= 0.6 is 27.7 Å². The molecule has 0 unspecified atom stereocenters. The van der Waals surface area contributed by atoms with E-state index in [1.54, 1.807) is 43.3 Å².